The molecule has 1 atom stereocenters. The first kappa shape index (κ1) is 18.7. The van der Waals surface area contributed by atoms with Gasteiger partial charge in [-0.05, 0) is 50.1 Å². The van der Waals surface area contributed by atoms with Crippen molar-refractivity contribution >= 4 is 28.9 Å². The Morgan fingerprint density at radius 3 is 2.42 bits per heavy atom. The third kappa shape index (κ3) is 4.19. The Labute approximate surface area is 160 Å². The summed E-state index contributed by atoms with van der Waals surface area (Å²) in [4.78, 5) is 17.3. The molecule has 2 aromatic rings. The number of rotatable bonds is 4. The Kier molecular flexibility index (Phi) is 5.84. The minimum Gasteiger partial charge on any atom is -0.369 e. The minimum absolute atomic E-state index is 0.0136. The lowest BCUT2D eigenvalue weighted by Crippen LogP contribution is -2.53. The topological polar surface area (TPSA) is 35.6 Å². The highest BCUT2D eigenvalue weighted by Gasteiger charge is 2.26. The summed E-state index contributed by atoms with van der Waals surface area (Å²) in [5.41, 5.74) is 4.38. The number of para-hydroxylation sites is 1. The first-order valence-corrected chi connectivity index (χ1v) is 9.45. The molecule has 5 heteroatoms. The van der Waals surface area contributed by atoms with Gasteiger partial charge in [-0.2, -0.15) is 0 Å². The van der Waals surface area contributed by atoms with Gasteiger partial charge in [-0.3, -0.25) is 9.69 Å². The molecule has 0 radical (unpaired) electrons. The number of nitrogens with one attached hydrogen (secondary N) is 1. The van der Waals surface area contributed by atoms with Crippen molar-refractivity contribution in [2.24, 2.45) is 0 Å². The lowest BCUT2D eigenvalue weighted by Gasteiger charge is -2.39. The van der Waals surface area contributed by atoms with Crippen molar-refractivity contribution in [2.45, 2.75) is 26.8 Å². The SMILES string of the molecule is Cc1ccc(Cl)cc1NC(=O)C(C)N1CCN(c2ccccc2C)CC1. The number of benzene rings is 2. The Hall–Kier alpha value is -2.04. The van der Waals surface area contributed by atoms with Crippen molar-refractivity contribution in [2.75, 3.05) is 36.4 Å². The number of hydrogen-bond acceptors (Lipinski definition) is 3. The molecule has 0 saturated carbocycles. The smallest absolute Gasteiger partial charge is 0.241 e. The van der Waals surface area contributed by atoms with Crippen molar-refractivity contribution in [1.82, 2.24) is 4.90 Å². The Balaban J connectivity index is 1.59. The molecule has 1 heterocycles. The normalized spacial score (nSPS) is 16.4. The van der Waals surface area contributed by atoms with Crippen molar-refractivity contribution in [1.29, 1.82) is 0 Å². The van der Waals surface area contributed by atoms with Gasteiger partial charge in [-0.25, -0.2) is 0 Å². The summed E-state index contributed by atoms with van der Waals surface area (Å²) in [6, 6.07) is 13.8. The third-order valence-corrected chi connectivity index (χ3v) is 5.39. The number of aryl methyl sites for hydroxylation is 2. The quantitative estimate of drug-likeness (QED) is 0.878. The second kappa shape index (κ2) is 8.11. The largest absolute Gasteiger partial charge is 0.369 e. The monoisotopic (exact) mass is 371 g/mol. The van der Waals surface area contributed by atoms with Crippen molar-refractivity contribution < 1.29 is 4.79 Å². The van der Waals surface area contributed by atoms with E-state index in [-0.39, 0.29) is 11.9 Å². The predicted octanol–water partition coefficient (Wildman–Crippen LogP) is 4.11. The first-order valence-electron chi connectivity index (χ1n) is 9.07. The van der Waals surface area contributed by atoms with Gasteiger partial charge in [0.05, 0.1) is 6.04 Å². The number of anilines is 2. The van der Waals surface area contributed by atoms with Crippen LogP contribution in [0.5, 0.6) is 0 Å². The van der Waals surface area contributed by atoms with Crippen LogP contribution in [0.4, 0.5) is 11.4 Å². The van der Waals surface area contributed by atoms with Crippen LogP contribution in [-0.2, 0) is 4.79 Å². The Morgan fingerprint density at radius 1 is 1.04 bits per heavy atom. The van der Waals surface area contributed by atoms with Crippen LogP contribution in [0.3, 0.4) is 0 Å². The molecule has 3 rings (SSSR count). The molecule has 4 nitrogen and oxygen atoms in total. The van der Waals surface area contributed by atoms with Gasteiger partial charge in [0.1, 0.15) is 0 Å². The molecule has 1 amide bonds. The average molecular weight is 372 g/mol. The molecular weight excluding hydrogens is 346 g/mol. The van der Waals surface area contributed by atoms with Crippen LogP contribution in [-0.4, -0.2) is 43.0 Å². The molecule has 1 saturated heterocycles. The van der Waals surface area contributed by atoms with Gasteiger partial charge >= 0.3 is 0 Å². The van der Waals surface area contributed by atoms with E-state index in [9.17, 15) is 4.79 Å². The second-order valence-electron chi connectivity index (χ2n) is 6.93. The van der Waals surface area contributed by atoms with Crippen LogP contribution in [0.1, 0.15) is 18.1 Å². The average Bonchev–Trinajstić information content (AvgIpc) is 2.64. The third-order valence-electron chi connectivity index (χ3n) is 5.16. The standard InChI is InChI=1S/C21H26ClN3O/c1-15-8-9-18(22)14-19(15)23-21(26)17(3)24-10-12-25(13-11-24)20-7-5-4-6-16(20)2/h4-9,14,17H,10-13H2,1-3H3,(H,23,26). The number of nitrogens with zero attached hydrogens (tertiary/aromatic N) is 2. The lowest BCUT2D eigenvalue weighted by atomic mass is 10.1. The van der Waals surface area contributed by atoms with Gasteiger partial charge in [0, 0.05) is 42.6 Å². The van der Waals surface area contributed by atoms with Crippen LogP contribution in [0, 0.1) is 13.8 Å². The Bertz CT molecular complexity index is 785. The number of halogens is 1. The molecule has 1 unspecified atom stereocenters. The first-order chi connectivity index (χ1) is 12.5. The van der Waals surface area contributed by atoms with Crippen LogP contribution in [0.15, 0.2) is 42.5 Å². The highest BCUT2D eigenvalue weighted by atomic mass is 35.5. The molecule has 1 aliphatic rings. The van der Waals surface area contributed by atoms with E-state index < -0.39 is 0 Å². The van der Waals surface area contributed by atoms with Crippen molar-refractivity contribution in [3.05, 3.63) is 58.6 Å². The molecule has 0 aromatic heterocycles. The molecule has 0 aliphatic carbocycles. The zero-order chi connectivity index (χ0) is 18.7. The van der Waals surface area contributed by atoms with Gasteiger partial charge in [0.2, 0.25) is 5.91 Å². The summed E-state index contributed by atoms with van der Waals surface area (Å²) in [5, 5.41) is 3.65. The van der Waals surface area contributed by atoms with Crippen LogP contribution in [0.25, 0.3) is 0 Å². The minimum atomic E-state index is -0.174. The van der Waals surface area contributed by atoms with Crippen molar-refractivity contribution in [3.8, 4) is 0 Å². The number of piperazine rings is 1. The zero-order valence-electron chi connectivity index (χ0n) is 15.6. The molecular formula is C21H26ClN3O. The highest BCUT2D eigenvalue weighted by Crippen LogP contribution is 2.23. The summed E-state index contributed by atoms with van der Waals surface area (Å²) in [6.07, 6.45) is 0. The molecule has 2 aromatic carbocycles. The fraction of sp³-hybridized carbons (Fsp3) is 0.381. The summed E-state index contributed by atoms with van der Waals surface area (Å²) in [7, 11) is 0. The number of amides is 1. The van der Waals surface area contributed by atoms with Gasteiger partial charge in [0.15, 0.2) is 0 Å². The van der Waals surface area contributed by atoms with Crippen molar-refractivity contribution in [3.63, 3.8) is 0 Å². The van der Waals surface area contributed by atoms with E-state index in [1.165, 1.54) is 11.3 Å². The molecule has 0 spiro atoms. The molecule has 138 valence electrons. The van der Waals surface area contributed by atoms with Gasteiger partial charge in [-0.1, -0.05) is 35.9 Å². The number of carbonyl (C=O) groups excluding carboxylic acids is 1. The fourth-order valence-electron chi connectivity index (χ4n) is 3.40. The molecule has 1 N–H and O–H groups in total. The lowest BCUT2D eigenvalue weighted by molar-refractivity contribution is -0.120. The molecule has 1 aliphatic heterocycles. The fourth-order valence-corrected chi connectivity index (χ4v) is 3.57. The zero-order valence-corrected chi connectivity index (χ0v) is 16.4. The second-order valence-corrected chi connectivity index (χ2v) is 7.37. The van der Waals surface area contributed by atoms with E-state index in [1.807, 2.05) is 26.0 Å². The van der Waals surface area contributed by atoms with Crippen LogP contribution < -0.4 is 10.2 Å². The van der Waals surface area contributed by atoms with E-state index in [1.54, 1.807) is 6.07 Å². The maximum Gasteiger partial charge on any atom is 0.241 e. The number of hydrogen-bond donors (Lipinski definition) is 1. The van der Waals surface area contributed by atoms with E-state index in [4.69, 9.17) is 11.6 Å². The summed E-state index contributed by atoms with van der Waals surface area (Å²) in [5.74, 6) is 0.0136. The van der Waals surface area contributed by atoms with E-state index in [0.29, 0.717) is 5.02 Å². The Morgan fingerprint density at radius 2 is 1.73 bits per heavy atom. The van der Waals surface area contributed by atoms with Gasteiger partial charge < -0.3 is 10.2 Å². The van der Waals surface area contributed by atoms with Gasteiger partial charge in [0.25, 0.3) is 0 Å². The maximum absolute atomic E-state index is 12.7. The van der Waals surface area contributed by atoms with E-state index in [0.717, 1.165) is 37.4 Å². The van der Waals surface area contributed by atoms with E-state index in [2.05, 4.69) is 46.3 Å². The highest BCUT2D eigenvalue weighted by molar-refractivity contribution is 6.31. The predicted molar refractivity (Wildman–Crippen MR) is 109 cm³/mol. The summed E-state index contributed by atoms with van der Waals surface area (Å²) >= 11 is 6.05. The molecule has 26 heavy (non-hydrogen) atoms. The number of carbonyl (C=O) groups is 1. The van der Waals surface area contributed by atoms with Crippen LogP contribution >= 0.6 is 11.6 Å². The van der Waals surface area contributed by atoms with Gasteiger partial charge in [-0.15, -0.1) is 0 Å². The van der Waals surface area contributed by atoms with E-state index >= 15 is 0 Å². The summed E-state index contributed by atoms with van der Waals surface area (Å²) in [6.45, 7) is 9.69. The maximum atomic E-state index is 12.7. The molecule has 0 bridgehead atoms. The summed E-state index contributed by atoms with van der Waals surface area (Å²) < 4.78 is 0. The molecule has 1 fully saturated rings. The van der Waals surface area contributed by atoms with Crippen LogP contribution in [0.2, 0.25) is 5.02 Å².